The molecule has 3 nitrogen and oxygen atoms in total. The minimum Gasteiger partial charge on any atom is -0.469 e. The summed E-state index contributed by atoms with van der Waals surface area (Å²) in [6.45, 7) is 0. The van der Waals surface area contributed by atoms with E-state index in [0.29, 0.717) is 5.82 Å². The lowest BCUT2D eigenvalue weighted by Crippen LogP contribution is -2.15. The number of nitrogens with two attached hydrogens (primary N) is 1. The van der Waals surface area contributed by atoms with Crippen LogP contribution in [0, 0.1) is 0 Å². The topological polar surface area (TPSA) is 52.0 Å². The lowest BCUT2D eigenvalue weighted by atomic mass is 9.78. The standard InChI is InChI=1S/C21H16N2O.ClH/c22-21-16-9-4-3-8-15(16)19-17(18-10-5-11-24-18)12-13-6-1-2-7-14(13)20(19)23-21;/h1-11,17H,12H2,(H2,22,23);1H. The molecule has 2 aromatic carbocycles. The number of halogens is 1. The Morgan fingerprint density at radius 3 is 2.48 bits per heavy atom. The summed E-state index contributed by atoms with van der Waals surface area (Å²) >= 11 is 0. The zero-order valence-corrected chi connectivity index (χ0v) is 14.3. The van der Waals surface area contributed by atoms with Gasteiger partial charge >= 0.3 is 0 Å². The highest BCUT2D eigenvalue weighted by molar-refractivity contribution is 5.98. The molecule has 0 amide bonds. The largest absolute Gasteiger partial charge is 0.469 e. The van der Waals surface area contributed by atoms with Crippen LogP contribution in [-0.4, -0.2) is 4.98 Å². The maximum atomic E-state index is 6.27. The number of hydrogen-bond acceptors (Lipinski definition) is 3. The second kappa shape index (κ2) is 5.94. The molecule has 4 heteroatoms. The molecule has 2 heterocycles. The van der Waals surface area contributed by atoms with Gasteiger partial charge in [0.1, 0.15) is 11.6 Å². The summed E-state index contributed by atoms with van der Waals surface area (Å²) < 4.78 is 5.76. The van der Waals surface area contributed by atoms with E-state index in [1.807, 2.05) is 24.3 Å². The van der Waals surface area contributed by atoms with E-state index < -0.39 is 0 Å². The minimum atomic E-state index is 0. The smallest absolute Gasteiger partial charge is 0.131 e. The van der Waals surface area contributed by atoms with Gasteiger partial charge in [0.15, 0.2) is 0 Å². The molecule has 0 aliphatic heterocycles. The van der Waals surface area contributed by atoms with Crippen molar-refractivity contribution in [2.24, 2.45) is 0 Å². The second-order valence-electron chi connectivity index (χ2n) is 6.23. The van der Waals surface area contributed by atoms with Crippen molar-refractivity contribution in [3.63, 3.8) is 0 Å². The number of fused-ring (bicyclic) bond motifs is 5. The summed E-state index contributed by atoms with van der Waals surface area (Å²) in [7, 11) is 0. The molecule has 0 saturated carbocycles. The fourth-order valence-electron chi connectivity index (χ4n) is 3.85. The van der Waals surface area contributed by atoms with Gasteiger partial charge in [-0.3, -0.25) is 0 Å². The number of nitrogen functional groups attached to an aromatic ring is 1. The molecule has 2 N–H and O–H groups in total. The third-order valence-corrected chi connectivity index (χ3v) is 4.91. The van der Waals surface area contributed by atoms with Crippen molar-refractivity contribution >= 4 is 29.0 Å². The van der Waals surface area contributed by atoms with E-state index in [2.05, 4.69) is 36.4 Å². The van der Waals surface area contributed by atoms with E-state index in [1.165, 1.54) is 16.7 Å². The van der Waals surface area contributed by atoms with Crippen LogP contribution in [0.2, 0.25) is 0 Å². The Hall–Kier alpha value is -2.78. The van der Waals surface area contributed by atoms with Gasteiger partial charge in [0, 0.05) is 16.9 Å². The van der Waals surface area contributed by atoms with Gasteiger partial charge in [0.2, 0.25) is 0 Å². The zero-order chi connectivity index (χ0) is 16.1. The molecule has 0 fully saturated rings. The highest BCUT2D eigenvalue weighted by atomic mass is 35.5. The van der Waals surface area contributed by atoms with Crippen LogP contribution in [0.15, 0.2) is 71.3 Å². The van der Waals surface area contributed by atoms with Crippen molar-refractivity contribution in [3.05, 3.63) is 83.8 Å². The molecular weight excluding hydrogens is 332 g/mol. The van der Waals surface area contributed by atoms with Crippen molar-refractivity contribution in [3.8, 4) is 11.3 Å². The molecule has 0 spiro atoms. The molecule has 1 atom stereocenters. The Morgan fingerprint density at radius 1 is 0.920 bits per heavy atom. The highest BCUT2D eigenvalue weighted by Gasteiger charge is 2.30. The van der Waals surface area contributed by atoms with Gasteiger partial charge in [0.05, 0.1) is 12.0 Å². The van der Waals surface area contributed by atoms with E-state index in [4.69, 9.17) is 15.1 Å². The first-order valence-corrected chi connectivity index (χ1v) is 8.12. The molecule has 1 unspecified atom stereocenters. The van der Waals surface area contributed by atoms with Gasteiger partial charge in [-0.15, -0.1) is 12.4 Å². The number of hydrogen-bond donors (Lipinski definition) is 1. The van der Waals surface area contributed by atoms with Crippen LogP contribution in [0.1, 0.15) is 22.8 Å². The van der Waals surface area contributed by atoms with Crippen LogP contribution in [0.5, 0.6) is 0 Å². The first-order chi connectivity index (χ1) is 11.8. The summed E-state index contributed by atoms with van der Waals surface area (Å²) in [5.74, 6) is 1.71. The Labute approximate surface area is 151 Å². The number of rotatable bonds is 1. The molecule has 4 aromatic rings. The Kier molecular flexibility index (Phi) is 3.74. The molecule has 0 bridgehead atoms. The first kappa shape index (κ1) is 15.7. The van der Waals surface area contributed by atoms with Crippen LogP contribution in [0.25, 0.3) is 22.0 Å². The lowest BCUT2D eigenvalue weighted by molar-refractivity contribution is 0.483. The monoisotopic (exact) mass is 348 g/mol. The molecule has 0 radical (unpaired) electrons. The SMILES string of the molecule is Cl.Nc1nc2c(c3ccccc13)C(c1ccco1)Cc1ccccc1-2. The van der Waals surface area contributed by atoms with E-state index >= 15 is 0 Å². The Bertz CT molecular complexity index is 1060. The second-order valence-corrected chi connectivity index (χ2v) is 6.23. The molecule has 5 rings (SSSR count). The molecule has 2 aromatic heterocycles. The van der Waals surface area contributed by atoms with E-state index in [0.717, 1.165) is 28.6 Å². The number of benzene rings is 2. The summed E-state index contributed by atoms with van der Waals surface area (Å²) in [6, 6.07) is 20.7. The quantitative estimate of drug-likeness (QED) is 0.515. The van der Waals surface area contributed by atoms with Gasteiger partial charge in [-0.05, 0) is 35.1 Å². The first-order valence-electron chi connectivity index (χ1n) is 8.12. The van der Waals surface area contributed by atoms with Gasteiger partial charge in [-0.2, -0.15) is 0 Å². The van der Waals surface area contributed by atoms with Crippen LogP contribution in [0.3, 0.4) is 0 Å². The average Bonchev–Trinajstić information content (AvgIpc) is 3.16. The van der Waals surface area contributed by atoms with Crippen molar-refractivity contribution in [2.45, 2.75) is 12.3 Å². The Balaban J connectivity index is 0.00000157. The molecule has 1 aliphatic rings. The van der Waals surface area contributed by atoms with Gasteiger partial charge in [0.25, 0.3) is 0 Å². The normalized spacial score (nSPS) is 15.3. The van der Waals surface area contributed by atoms with Crippen LogP contribution in [-0.2, 0) is 6.42 Å². The summed E-state index contributed by atoms with van der Waals surface area (Å²) in [5, 5.41) is 2.17. The maximum absolute atomic E-state index is 6.27. The van der Waals surface area contributed by atoms with Crippen molar-refractivity contribution in [1.29, 1.82) is 0 Å². The summed E-state index contributed by atoms with van der Waals surface area (Å²) in [6.07, 6.45) is 2.65. The third-order valence-electron chi connectivity index (χ3n) is 4.91. The lowest BCUT2D eigenvalue weighted by Gasteiger charge is -2.27. The van der Waals surface area contributed by atoms with Crippen LogP contribution >= 0.6 is 12.4 Å². The minimum absolute atomic E-state index is 0. The van der Waals surface area contributed by atoms with Crippen molar-refractivity contribution < 1.29 is 4.42 Å². The third kappa shape index (κ3) is 2.31. The number of nitrogens with zero attached hydrogens (tertiary/aromatic N) is 1. The number of furan rings is 1. The molecule has 25 heavy (non-hydrogen) atoms. The van der Waals surface area contributed by atoms with Crippen molar-refractivity contribution in [2.75, 3.05) is 5.73 Å². The van der Waals surface area contributed by atoms with Gasteiger partial charge in [-0.1, -0.05) is 48.5 Å². The number of pyridine rings is 1. The molecule has 124 valence electrons. The number of anilines is 1. The van der Waals surface area contributed by atoms with Gasteiger partial charge in [-0.25, -0.2) is 4.98 Å². The summed E-state index contributed by atoms with van der Waals surface area (Å²) in [5.41, 5.74) is 10.9. The number of aromatic nitrogens is 1. The summed E-state index contributed by atoms with van der Waals surface area (Å²) in [4.78, 5) is 4.78. The molecule has 0 saturated heterocycles. The van der Waals surface area contributed by atoms with Gasteiger partial charge < -0.3 is 10.2 Å². The van der Waals surface area contributed by atoms with E-state index in [1.54, 1.807) is 6.26 Å². The van der Waals surface area contributed by atoms with E-state index in [9.17, 15) is 0 Å². The zero-order valence-electron chi connectivity index (χ0n) is 13.5. The van der Waals surface area contributed by atoms with E-state index in [-0.39, 0.29) is 18.3 Å². The van der Waals surface area contributed by atoms with Crippen LogP contribution < -0.4 is 5.73 Å². The fourth-order valence-corrected chi connectivity index (χ4v) is 3.85. The van der Waals surface area contributed by atoms with Crippen LogP contribution in [0.4, 0.5) is 5.82 Å². The highest BCUT2D eigenvalue weighted by Crippen LogP contribution is 2.45. The van der Waals surface area contributed by atoms with Crippen molar-refractivity contribution in [1.82, 2.24) is 4.98 Å². The maximum Gasteiger partial charge on any atom is 0.131 e. The predicted octanol–water partition coefficient (Wildman–Crippen LogP) is 5.19. The predicted molar refractivity (Wildman–Crippen MR) is 103 cm³/mol. The fraction of sp³-hybridized carbons (Fsp3) is 0.0952. The Morgan fingerprint density at radius 2 is 1.68 bits per heavy atom. The molecular formula is C21H17ClN2O. The molecule has 1 aliphatic carbocycles. The average molecular weight is 349 g/mol.